The first-order valence-corrected chi connectivity index (χ1v) is 18.0. The molecule has 4 aromatic heterocycles. The first-order chi connectivity index (χ1) is 26.2. The zero-order valence-corrected chi connectivity index (χ0v) is 28.4. The van der Waals surface area contributed by atoms with Crippen molar-refractivity contribution in [3.05, 3.63) is 180 Å². The van der Waals surface area contributed by atoms with E-state index in [4.69, 9.17) is 4.42 Å². The Morgan fingerprint density at radius 3 is 1.92 bits per heavy atom. The topological polar surface area (TPSA) is 39.5 Å². The van der Waals surface area contributed by atoms with Crippen LogP contribution in [0.2, 0.25) is 0 Å². The molecule has 4 heteroatoms. The summed E-state index contributed by atoms with van der Waals surface area (Å²) in [6, 6.07) is 59.6. The second-order valence-corrected chi connectivity index (χ2v) is 14.1. The Labute approximate surface area is 302 Å². The van der Waals surface area contributed by atoms with Crippen molar-refractivity contribution in [2.75, 3.05) is 0 Å². The molecule has 12 aromatic rings. The number of para-hydroxylation sites is 3. The molecule has 12 rings (SSSR count). The van der Waals surface area contributed by atoms with E-state index in [0.717, 1.165) is 104 Å². The van der Waals surface area contributed by atoms with Gasteiger partial charge in [-0.15, -0.1) is 0 Å². The summed E-state index contributed by atoms with van der Waals surface area (Å²) < 4.78 is 10.6. The van der Waals surface area contributed by atoms with Crippen LogP contribution >= 0.6 is 0 Å². The maximum Gasteiger partial charge on any atom is 0.263 e. The largest absolute Gasteiger partial charge is 0.456 e. The van der Waals surface area contributed by atoms with E-state index in [2.05, 4.69) is 150 Å². The lowest BCUT2D eigenvalue weighted by atomic mass is 9.98. The zero-order valence-electron chi connectivity index (χ0n) is 28.4. The molecule has 0 saturated carbocycles. The zero-order chi connectivity index (χ0) is 34.8. The highest BCUT2D eigenvalue weighted by Crippen LogP contribution is 2.40. The minimum Gasteiger partial charge on any atom is -0.456 e. The number of aromatic nitrogens is 2. The van der Waals surface area contributed by atoms with Crippen LogP contribution in [-0.2, 0) is 0 Å². The smallest absolute Gasteiger partial charge is 0.263 e. The summed E-state index contributed by atoms with van der Waals surface area (Å²) in [4.78, 5) is 14.3. The maximum absolute atomic E-state index is 14.3. The van der Waals surface area contributed by atoms with Gasteiger partial charge in [0.25, 0.3) is 5.56 Å². The normalized spacial score (nSPS) is 12.2. The second-order valence-electron chi connectivity index (χ2n) is 14.1. The van der Waals surface area contributed by atoms with Crippen molar-refractivity contribution < 1.29 is 4.42 Å². The molecule has 0 aliphatic carbocycles. The van der Waals surface area contributed by atoms with Gasteiger partial charge in [-0.2, -0.15) is 0 Å². The van der Waals surface area contributed by atoms with Crippen molar-refractivity contribution in [3.8, 4) is 27.9 Å². The van der Waals surface area contributed by atoms with E-state index in [1.807, 2.05) is 28.7 Å². The highest BCUT2D eigenvalue weighted by Gasteiger charge is 2.20. The molecule has 0 radical (unpaired) electrons. The number of rotatable bonds is 3. The third-order valence-corrected chi connectivity index (χ3v) is 11.2. The van der Waals surface area contributed by atoms with Gasteiger partial charge in [-0.1, -0.05) is 109 Å². The van der Waals surface area contributed by atoms with E-state index in [1.165, 1.54) is 5.39 Å². The standard InChI is InChI=1S/C49H28N2O2/c52-49-38-22-20-31(29-10-2-1-3-11-29)25-39(38)36-16-9-17-37-40-26-32(21-23-44(40)51(49)48(36)37)30-12-8-13-33(24-30)50-43-18-6-4-14-34(43)41-28-47-42(27-45(41)50)35-15-5-7-19-46(35)53-47/h1-28H. The van der Waals surface area contributed by atoms with Crippen molar-refractivity contribution in [1.29, 1.82) is 0 Å². The number of benzene rings is 8. The van der Waals surface area contributed by atoms with E-state index >= 15 is 0 Å². The molecule has 4 heterocycles. The predicted molar refractivity (Wildman–Crippen MR) is 220 cm³/mol. The lowest BCUT2D eigenvalue weighted by Gasteiger charge is -2.11. The summed E-state index contributed by atoms with van der Waals surface area (Å²) >= 11 is 0. The molecular formula is C49H28N2O2. The van der Waals surface area contributed by atoms with Crippen molar-refractivity contribution >= 4 is 81.7 Å². The number of fused-ring (bicyclic) bond motifs is 11. The molecule has 0 spiro atoms. The van der Waals surface area contributed by atoms with Gasteiger partial charge >= 0.3 is 0 Å². The van der Waals surface area contributed by atoms with Crippen molar-refractivity contribution in [2.45, 2.75) is 0 Å². The second kappa shape index (κ2) is 10.4. The van der Waals surface area contributed by atoms with Crippen LogP contribution in [0.15, 0.2) is 179 Å². The van der Waals surface area contributed by atoms with Gasteiger partial charge in [0, 0.05) is 48.8 Å². The summed E-state index contributed by atoms with van der Waals surface area (Å²) in [5.74, 6) is 0. The number of hydrogen-bond donors (Lipinski definition) is 0. The average Bonchev–Trinajstić information content (AvgIpc) is 3.87. The highest BCUT2D eigenvalue weighted by atomic mass is 16.3. The van der Waals surface area contributed by atoms with Gasteiger partial charge in [0.1, 0.15) is 11.2 Å². The summed E-state index contributed by atoms with van der Waals surface area (Å²) in [6.07, 6.45) is 0. The van der Waals surface area contributed by atoms with Gasteiger partial charge in [-0.25, -0.2) is 0 Å². The molecular weight excluding hydrogens is 649 g/mol. The molecule has 53 heavy (non-hydrogen) atoms. The maximum atomic E-state index is 14.3. The molecule has 4 nitrogen and oxygen atoms in total. The van der Waals surface area contributed by atoms with Crippen molar-refractivity contribution in [3.63, 3.8) is 0 Å². The van der Waals surface area contributed by atoms with E-state index in [1.54, 1.807) is 0 Å². The molecule has 0 fully saturated rings. The van der Waals surface area contributed by atoms with E-state index in [-0.39, 0.29) is 5.56 Å². The van der Waals surface area contributed by atoms with Gasteiger partial charge in [0.15, 0.2) is 0 Å². The van der Waals surface area contributed by atoms with Crippen LogP contribution in [0.4, 0.5) is 0 Å². The Hall–Kier alpha value is -7.17. The monoisotopic (exact) mass is 676 g/mol. The number of pyridine rings is 1. The molecule has 8 aromatic carbocycles. The number of nitrogens with zero attached hydrogens (tertiary/aromatic N) is 2. The quantitative estimate of drug-likeness (QED) is 0.175. The predicted octanol–water partition coefficient (Wildman–Crippen LogP) is 12.5. The Kier molecular flexibility index (Phi) is 5.62. The van der Waals surface area contributed by atoms with Crippen LogP contribution in [0, 0.1) is 0 Å². The van der Waals surface area contributed by atoms with Gasteiger partial charge in [0.2, 0.25) is 0 Å². The highest BCUT2D eigenvalue weighted by molar-refractivity contribution is 6.21. The lowest BCUT2D eigenvalue weighted by molar-refractivity contribution is 0.669. The third-order valence-electron chi connectivity index (χ3n) is 11.2. The SMILES string of the molecule is O=c1c2ccc(-c3ccccc3)cc2c2cccc3c4cc(-c5cccc(-n6c7ccccc7c7cc8oc9ccccc9c8cc76)c5)ccc4n1c23. The molecule has 0 N–H and O–H groups in total. The molecule has 0 bridgehead atoms. The molecule has 0 aliphatic rings. The Bertz CT molecular complexity index is 3530. The third kappa shape index (κ3) is 3.92. The lowest BCUT2D eigenvalue weighted by Crippen LogP contribution is -2.12. The Morgan fingerprint density at radius 2 is 1.02 bits per heavy atom. The van der Waals surface area contributed by atoms with Crippen molar-refractivity contribution in [1.82, 2.24) is 8.97 Å². The average molecular weight is 677 g/mol. The van der Waals surface area contributed by atoms with Gasteiger partial charge in [0.05, 0.1) is 22.1 Å². The van der Waals surface area contributed by atoms with Crippen LogP contribution in [0.3, 0.4) is 0 Å². The fourth-order valence-electron chi connectivity index (χ4n) is 8.85. The molecule has 246 valence electrons. The van der Waals surface area contributed by atoms with E-state index in [0.29, 0.717) is 0 Å². The fourth-order valence-corrected chi connectivity index (χ4v) is 8.85. The van der Waals surface area contributed by atoms with Crippen LogP contribution in [0.25, 0.3) is 110 Å². The minimum absolute atomic E-state index is 0.0129. The molecule has 0 atom stereocenters. The van der Waals surface area contributed by atoms with Gasteiger partial charge in [-0.05, 0) is 88.3 Å². The number of furan rings is 1. The Morgan fingerprint density at radius 1 is 0.358 bits per heavy atom. The molecule has 0 saturated heterocycles. The van der Waals surface area contributed by atoms with E-state index in [9.17, 15) is 4.79 Å². The first-order valence-electron chi connectivity index (χ1n) is 18.0. The van der Waals surface area contributed by atoms with Crippen molar-refractivity contribution in [2.24, 2.45) is 0 Å². The summed E-state index contributed by atoms with van der Waals surface area (Å²) in [7, 11) is 0. The van der Waals surface area contributed by atoms with Crippen LogP contribution in [-0.4, -0.2) is 8.97 Å². The van der Waals surface area contributed by atoms with Gasteiger partial charge < -0.3 is 8.98 Å². The van der Waals surface area contributed by atoms with Crippen LogP contribution in [0.5, 0.6) is 0 Å². The number of hydrogen-bond acceptors (Lipinski definition) is 2. The summed E-state index contributed by atoms with van der Waals surface area (Å²) in [5.41, 5.74) is 11.5. The first kappa shape index (κ1) is 28.5. The minimum atomic E-state index is 0.0129. The molecule has 0 aliphatic heterocycles. The van der Waals surface area contributed by atoms with Gasteiger partial charge in [-0.3, -0.25) is 9.20 Å². The Balaban J connectivity index is 1.06. The fraction of sp³-hybridized carbons (Fsp3) is 0. The molecule has 0 unspecified atom stereocenters. The van der Waals surface area contributed by atoms with Crippen LogP contribution in [0.1, 0.15) is 0 Å². The van der Waals surface area contributed by atoms with Crippen LogP contribution < -0.4 is 5.56 Å². The molecule has 0 amide bonds. The summed E-state index contributed by atoms with van der Waals surface area (Å²) in [6.45, 7) is 0. The summed E-state index contributed by atoms with van der Waals surface area (Å²) in [5, 5.41) is 9.52. The van der Waals surface area contributed by atoms with E-state index < -0.39 is 0 Å².